The zero-order valence-electron chi connectivity index (χ0n) is 24.8. The lowest BCUT2D eigenvalue weighted by Crippen LogP contribution is -2.21. The van der Waals surface area contributed by atoms with Gasteiger partial charge in [-0.3, -0.25) is 9.59 Å². The quantitative estimate of drug-likeness (QED) is 0.111. The van der Waals surface area contributed by atoms with Gasteiger partial charge in [-0.15, -0.1) is 0 Å². The van der Waals surface area contributed by atoms with Crippen LogP contribution in [0.1, 0.15) is 27.9 Å². The Balaban J connectivity index is 1.27. The van der Waals surface area contributed by atoms with Gasteiger partial charge in [0.05, 0.1) is 12.5 Å². The lowest BCUT2D eigenvalue weighted by atomic mass is 9.92. The van der Waals surface area contributed by atoms with Gasteiger partial charge in [0, 0.05) is 22.6 Å². The average Bonchev–Trinajstić information content (AvgIpc) is 3.09. The third-order valence-corrected chi connectivity index (χ3v) is 8.91. The minimum absolute atomic E-state index is 0.0630. The molecule has 0 saturated carbocycles. The van der Waals surface area contributed by atoms with Crippen LogP contribution < -0.4 is 4.31 Å². The first kappa shape index (κ1) is 29.9. The molecule has 1 unspecified atom stereocenters. The number of ketones is 1. The molecule has 0 aliphatic heterocycles. The van der Waals surface area contributed by atoms with Crippen molar-refractivity contribution in [3.8, 4) is 11.1 Å². The molecule has 0 radical (unpaired) electrons. The van der Waals surface area contributed by atoms with Crippen molar-refractivity contribution in [2.24, 2.45) is 5.92 Å². The maximum absolute atomic E-state index is 13.5. The number of hydrogen-bond acceptors (Lipinski definition) is 4. The van der Waals surface area contributed by atoms with Gasteiger partial charge >= 0.3 is 5.97 Å². The zero-order valence-corrected chi connectivity index (χ0v) is 25.6. The third-order valence-electron chi connectivity index (χ3n) is 7.89. The van der Waals surface area contributed by atoms with Crippen LogP contribution in [-0.2, 0) is 17.8 Å². The molecule has 4 nitrogen and oxygen atoms in total. The van der Waals surface area contributed by atoms with Crippen molar-refractivity contribution in [2.45, 2.75) is 24.3 Å². The molecule has 6 rings (SSSR count). The van der Waals surface area contributed by atoms with Crippen LogP contribution in [0.15, 0.2) is 157 Å². The number of carboxylic acid groups (broad SMARTS) is 1. The van der Waals surface area contributed by atoms with Gasteiger partial charge in [-0.25, -0.2) is 0 Å². The van der Waals surface area contributed by atoms with Crippen LogP contribution in [-0.4, -0.2) is 16.9 Å². The molecule has 6 aromatic carbocycles. The molecule has 0 bridgehead atoms. The molecule has 1 N–H and O–H groups in total. The van der Waals surface area contributed by atoms with Crippen LogP contribution in [0.5, 0.6) is 0 Å². The fraction of sp³-hybridized carbons (Fsp3) is 0.100. The monoisotopic (exact) mass is 607 g/mol. The highest BCUT2D eigenvalue weighted by Crippen LogP contribution is 2.34. The molecule has 0 saturated heterocycles. The number of aliphatic carboxylic acids is 1. The summed E-state index contributed by atoms with van der Waals surface area (Å²) in [4.78, 5) is 26.7. The second kappa shape index (κ2) is 14.1. The molecule has 5 heteroatoms. The molecule has 0 aromatic heterocycles. The molecule has 6 aromatic rings. The van der Waals surface area contributed by atoms with E-state index in [-0.39, 0.29) is 12.2 Å². The van der Waals surface area contributed by atoms with Crippen molar-refractivity contribution in [3.63, 3.8) is 0 Å². The van der Waals surface area contributed by atoms with Crippen LogP contribution in [0.2, 0.25) is 0 Å². The second-order valence-electron chi connectivity index (χ2n) is 11.1. The number of hydrogen-bond donors (Lipinski definition) is 1. The number of nitrogens with zero attached hydrogens (tertiary/aromatic N) is 1. The summed E-state index contributed by atoms with van der Waals surface area (Å²) in [5.41, 5.74) is 5.75. The summed E-state index contributed by atoms with van der Waals surface area (Å²) in [7, 11) is 0. The van der Waals surface area contributed by atoms with Crippen LogP contribution in [0.3, 0.4) is 0 Å². The Labute approximate surface area is 268 Å². The van der Waals surface area contributed by atoms with Crippen LogP contribution >= 0.6 is 11.9 Å². The number of carbonyl (C=O) groups excluding carboxylic acids is 1. The average molecular weight is 608 g/mol. The Morgan fingerprint density at radius 2 is 1.29 bits per heavy atom. The van der Waals surface area contributed by atoms with Gasteiger partial charge in [-0.1, -0.05) is 127 Å². The highest BCUT2D eigenvalue weighted by molar-refractivity contribution is 8.00. The van der Waals surface area contributed by atoms with Crippen molar-refractivity contribution >= 4 is 40.2 Å². The molecule has 0 amide bonds. The van der Waals surface area contributed by atoms with Gasteiger partial charge in [-0.2, -0.15) is 0 Å². The van der Waals surface area contributed by atoms with Gasteiger partial charge in [0.15, 0.2) is 5.78 Å². The summed E-state index contributed by atoms with van der Waals surface area (Å²) >= 11 is 1.62. The van der Waals surface area contributed by atoms with Crippen molar-refractivity contribution in [3.05, 3.63) is 168 Å². The van der Waals surface area contributed by atoms with Crippen molar-refractivity contribution in [1.29, 1.82) is 0 Å². The minimum Gasteiger partial charge on any atom is -0.481 e. The molecule has 0 fully saturated rings. The summed E-state index contributed by atoms with van der Waals surface area (Å²) in [5.74, 6) is -1.94. The number of fused-ring (bicyclic) bond motifs is 1. The van der Waals surface area contributed by atoms with E-state index in [1.807, 2.05) is 78.9 Å². The molecule has 45 heavy (non-hydrogen) atoms. The van der Waals surface area contributed by atoms with E-state index in [4.69, 9.17) is 0 Å². The Morgan fingerprint density at radius 3 is 2.02 bits per heavy atom. The van der Waals surface area contributed by atoms with E-state index in [0.29, 0.717) is 18.5 Å². The predicted molar refractivity (Wildman–Crippen MR) is 185 cm³/mol. The first-order valence-corrected chi connectivity index (χ1v) is 15.8. The van der Waals surface area contributed by atoms with E-state index in [0.717, 1.165) is 32.7 Å². The molecular weight excluding hydrogens is 575 g/mol. The van der Waals surface area contributed by atoms with Gasteiger partial charge in [0.2, 0.25) is 0 Å². The van der Waals surface area contributed by atoms with Crippen LogP contribution in [0, 0.1) is 5.92 Å². The molecule has 0 aliphatic rings. The standard InChI is InChI=1S/C40H33NO3S/c42-39(27-36(40(43)44)24-29-10-3-1-4-11-29)35-16-9-17-37(25-35)41(45-38-23-22-32-14-7-8-15-34(32)26-38)28-30-18-20-33(21-19-30)31-12-5-2-6-13-31/h1-23,25-26,36H,24,27-28H2,(H,43,44). The fourth-order valence-electron chi connectivity index (χ4n) is 5.45. The highest BCUT2D eigenvalue weighted by Gasteiger charge is 2.23. The third kappa shape index (κ3) is 7.69. The number of benzene rings is 6. The van der Waals surface area contributed by atoms with E-state index < -0.39 is 11.9 Å². The molecular formula is C40H33NO3S. The summed E-state index contributed by atoms with van der Waals surface area (Å²) < 4.78 is 2.19. The Hall–Kier alpha value is -5.13. The molecule has 0 heterocycles. The SMILES string of the molecule is O=C(CC(Cc1ccccc1)C(=O)O)c1cccc(N(Cc2ccc(-c3ccccc3)cc2)Sc2ccc3ccccc3c2)c1. The summed E-state index contributed by atoms with van der Waals surface area (Å²) in [6, 6.07) is 50.6. The van der Waals surface area contributed by atoms with Crippen molar-refractivity contribution in [2.75, 3.05) is 4.31 Å². The van der Waals surface area contributed by atoms with E-state index in [2.05, 4.69) is 71.0 Å². The van der Waals surface area contributed by atoms with Gasteiger partial charge in [0.25, 0.3) is 0 Å². The number of rotatable bonds is 12. The van der Waals surface area contributed by atoms with Crippen molar-refractivity contribution < 1.29 is 14.7 Å². The normalized spacial score (nSPS) is 11.6. The Kier molecular flexibility index (Phi) is 9.38. The number of carbonyl (C=O) groups is 2. The summed E-state index contributed by atoms with van der Waals surface area (Å²) in [6.45, 7) is 0.607. The predicted octanol–water partition coefficient (Wildman–Crippen LogP) is 9.74. The van der Waals surface area contributed by atoms with Gasteiger partial charge in [0.1, 0.15) is 0 Å². The van der Waals surface area contributed by atoms with E-state index in [1.165, 1.54) is 10.9 Å². The Bertz CT molecular complexity index is 1910. The van der Waals surface area contributed by atoms with Gasteiger partial charge in [-0.05, 0) is 75.7 Å². The second-order valence-corrected chi connectivity index (χ2v) is 12.2. The number of anilines is 1. The topological polar surface area (TPSA) is 57.6 Å². The fourth-order valence-corrected chi connectivity index (χ4v) is 6.44. The molecule has 0 spiro atoms. The maximum Gasteiger partial charge on any atom is 0.307 e. The molecule has 222 valence electrons. The van der Waals surface area contributed by atoms with E-state index in [1.54, 1.807) is 18.0 Å². The van der Waals surface area contributed by atoms with Crippen LogP contribution in [0.4, 0.5) is 5.69 Å². The van der Waals surface area contributed by atoms with Gasteiger partial charge < -0.3 is 9.41 Å². The minimum atomic E-state index is -0.962. The summed E-state index contributed by atoms with van der Waals surface area (Å²) in [5, 5.41) is 12.3. The first-order chi connectivity index (χ1) is 22.0. The highest BCUT2D eigenvalue weighted by atomic mass is 32.2. The largest absolute Gasteiger partial charge is 0.481 e. The van der Waals surface area contributed by atoms with E-state index in [9.17, 15) is 14.7 Å². The zero-order chi connectivity index (χ0) is 31.0. The summed E-state index contributed by atoms with van der Waals surface area (Å²) in [6.07, 6.45) is 0.247. The smallest absolute Gasteiger partial charge is 0.307 e. The lowest BCUT2D eigenvalue weighted by molar-refractivity contribution is -0.141. The lowest BCUT2D eigenvalue weighted by Gasteiger charge is -2.24. The number of Topliss-reactive ketones (excluding diaryl/α,β-unsaturated/α-hetero) is 1. The Morgan fingerprint density at radius 1 is 0.622 bits per heavy atom. The number of carboxylic acids is 1. The van der Waals surface area contributed by atoms with E-state index >= 15 is 0 Å². The van der Waals surface area contributed by atoms with Crippen LogP contribution in [0.25, 0.3) is 21.9 Å². The first-order valence-electron chi connectivity index (χ1n) is 15.0. The van der Waals surface area contributed by atoms with Crippen molar-refractivity contribution in [1.82, 2.24) is 0 Å². The molecule has 0 aliphatic carbocycles. The molecule has 1 atom stereocenters. The maximum atomic E-state index is 13.5.